The van der Waals surface area contributed by atoms with E-state index in [1.165, 1.54) is 12.7 Å². The van der Waals surface area contributed by atoms with Crippen LogP contribution in [0, 0.1) is 0 Å². The summed E-state index contributed by atoms with van der Waals surface area (Å²) in [5.74, 6) is -0.266. The average Bonchev–Trinajstić information content (AvgIpc) is 2.36. The number of esters is 1. The van der Waals surface area contributed by atoms with E-state index in [1.807, 2.05) is 31.3 Å². The molecular weight excluding hydrogens is 214 g/mol. The minimum absolute atomic E-state index is 0.266. The molecule has 0 aromatic heterocycles. The maximum Gasteiger partial charge on any atom is 0.333 e. The zero-order valence-corrected chi connectivity index (χ0v) is 10.6. The Balaban J connectivity index is 2.45. The molecule has 0 saturated carbocycles. The minimum atomic E-state index is -0.266. The first-order valence-corrected chi connectivity index (χ1v) is 5.61. The molecule has 0 saturated heterocycles. The minimum Gasteiger partial charge on any atom is -0.466 e. The molecule has 0 aliphatic heterocycles. The molecule has 0 atom stereocenters. The van der Waals surface area contributed by atoms with Crippen molar-refractivity contribution in [2.75, 3.05) is 20.7 Å². The third-order valence-electron chi connectivity index (χ3n) is 2.51. The first kappa shape index (κ1) is 13.5. The van der Waals surface area contributed by atoms with Crippen molar-refractivity contribution in [3.8, 4) is 0 Å². The van der Waals surface area contributed by atoms with Gasteiger partial charge in [-0.25, -0.2) is 4.79 Å². The van der Waals surface area contributed by atoms with Gasteiger partial charge in [-0.2, -0.15) is 0 Å². The molecule has 0 bridgehead atoms. The number of carbonyl (C=O) groups is 1. The smallest absolute Gasteiger partial charge is 0.333 e. The summed E-state index contributed by atoms with van der Waals surface area (Å²) in [6, 6.07) is 10.2. The fraction of sp³-hybridized carbons (Fsp3) is 0.357. The normalized spacial score (nSPS) is 11.6. The number of methoxy groups -OCH3 is 1. The Kier molecular flexibility index (Phi) is 5.43. The molecule has 0 amide bonds. The van der Waals surface area contributed by atoms with Gasteiger partial charge in [-0.1, -0.05) is 36.4 Å². The first-order chi connectivity index (χ1) is 8.13. The van der Waals surface area contributed by atoms with Crippen molar-refractivity contribution in [3.05, 3.63) is 47.5 Å². The monoisotopic (exact) mass is 233 g/mol. The molecule has 0 aliphatic rings. The Morgan fingerprint density at radius 2 is 2.00 bits per heavy atom. The molecule has 0 fully saturated rings. The summed E-state index contributed by atoms with van der Waals surface area (Å²) in [4.78, 5) is 13.3. The summed E-state index contributed by atoms with van der Waals surface area (Å²) in [5.41, 5.74) is 1.91. The highest BCUT2D eigenvalue weighted by atomic mass is 16.5. The maximum absolute atomic E-state index is 11.2. The standard InChI is InChI=1S/C14H19NO2/c1-12(14(16)17-3)9-10-15(2)11-13-7-5-4-6-8-13/h4-9H,10-11H2,1-3H3/b12-9+. The van der Waals surface area contributed by atoms with Crippen molar-refractivity contribution in [2.24, 2.45) is 0 Å². The van der Waals surface area contributed by atoms with Crippen LogP contribution in [0.1, 0.15) is 12.5 Å². The molecule has 92 valence electrons. The van der Waals surface area contributed by atoms with E-state index in [1.54, 1.807) is 6.92 Å². The van der Waals surface area contributed by atoms with Gasteiger partial charge in [0, 0.05) is 18.7 Å². The predicted octanol–water partition coefficient (Wildman–Crippen LogP) is 2.24. The Hall–Kier alpha value is -1.61. The highest BCUT2D eigenvalue weighted by Crippen LogP contribution is 2.03. The van der Waals surface area contributed by atoms with Gasteiger partial charge in [0.2, 0.25) is 0 Å². The van der Waals surface area contributed by atoms with Crippen LogP contribution in [0.3, 0.4) is 0 Å². The third kappa shape index (κ3) is 4.83. The number of likely N-dealkylation sites (N-methyl/N-ethyl adjacent to an activating group) is 1. The molecular formula is C14H19NO2. The lowest BCUT2D eigenvalue weighted by molar-refractivity contribution is -0.136. The van der Waals surface area contributed by atoms with Crippen LogP contribution in [0.4, 0.5) is 0 Å². The number of nitrogens with zero attached hydrogens (tertiary/aromatic N) is 1. The van der Waals surface area contributed by atoms with E-state index in [9.17, 15) is 4.79 Å². The first-order valence-electron chi connectivity index (χ1n) is 5.61. The van der Waals surface area contributed by atoms with Gasteiger partial charge in [-0.3, -0.25) is 4.90 Å². The van der Waals surface area contributed by atoms with Gasteiger partial charge in [0.1, 0.15) is 0 Å². The van der Waals surface area contributed by atoms with Gasteiger partial charge in [-0.15, -0.1) is 0 Å². The number of hydrogen-bond acceptors (Lipinski definition) is 3. The highest BCUT2D eigenvalue weighted by molar-refractivity contribution is 5.87. The molecule has 0 aliphatic carbocycles. The molecule has 0 unspecified atom stereocenters. The van der Waals surface area contributed by atoms with E-state index in [2.05, 4.69) is 21.8 Å². The third-order valence-corrected chi connectivity index (χ3v) is 2.51. The summed E-state index contributed by atoms with van der Waals surface area (Å²) >= 11 is 0. The van der Waals surface area contributed by atoms with Gasteiger partial charge in [-0.05, 0) is 19.5 Å². The van der Waals surface area contributed by atoms with E-state index in [-0.39, 0.29) is 5.97 Å². The molecule has 0 radical (unpaired) electrons. The maximum atomic E-state index is 11.2. The fourth-order valence-corrected chi connectivity index (χ4v) is 1.50. The Morgan fingerprint density at radius 1 is 1.35 bits per heavy atom. The predicted molar refractivity (Wildman–Crippen MR) is 68.5 cm³/mol. The Labute approximate surface area is 103 Å². The zero-order valence-electron chi connectivity index (χ0n) is 10.6. The SMILES string of the molecule is COC(=O)/C(C)=C/CN(C)Cc1ccccc1. The van der Waals surface area contributed by atoms with Crippen LogP contribution in [-0.2, 0) is 16.1 Å². The lowest BCUT2D eigenvalue weighted by Crippen LogP contribution is -2.18. The van der Waals surface area contributed by atoms with Crippen LogP contribution < -0.4 is 0 Å². The Morgan fingerprint density at radius 3 is 2.59 bits per heavy atom. The second-order valence-electron chi connectivity index (χ2n) is 4.06. The van der Waals surface area contributed by atoms with Crippen LogP contribution >= 0.6 is 0 Å². The summed E-state index contributed by atoms with van der Waals surface area (Å²) < 4.78 is 4.64. The lowest BCUT2D eigenvalue weighted by Gasteiger charge is -2.14. The fourth-order valence-electron chi connectivity index (χ4n) is 1.50. The van der Waals surface area contributed by atoms with Gasteiger partial charge in [0.15, 0.2) is 0 Å². The lowest BCUT2D eigenvalue weighted by atomic mass is 10.2. The summed E-state index contributed by atoms with van der Waals surface area (Å²) in [5, 5.41) is 0. The average molecular weight is 233 g/mol. The molecule has 0 heterocycles. The van der Waals surface area contributed by atoms with E-state index >= 15 is 0 Å². The largest absolute Gasteiger partial charge is 0.466 e. The quantitative estimate of drug-likeness (QED) is 0.577. The van der Waals surface area contributed by atoms with Crippen LogP contribution in [0.5, 0.6) is 0 Å². The van der Waals surface area contributed by atoms with Crippen molar-refractivity contribution in [2.45, 2.75) is 13.5 Å². The number of carbonyl (C=O) groups excluding carboxylic acids is 1. The molecule has 0 spiro atoms. The van der Waals surface area contributed by atoms with Gasteiger partial charge >= 0.3 is 5.97 Å². The van der Waals surface area contributed by atoms with E-state index in [0.29, 0.717) is 5.57 Å². The number of rotatable bonds is 5. The van der Waals surface area contributed by atoms with Crippen LogP contribution in [0.2, 0.25) is 0 Å². The number of ether oxygens (including phenoxy) is 1. The second kappa shape index (κ2) is 6.86. The van der Waals surface area contributed by atoms with Crippen molar-refractivity contribution in [3.63, 3.8) is 0 Å². The molecule has 1 aromatic rings. The van der Waals surface area contributed by atoms with Gasteiger partial charge in [0.05, 0.1) is 7.11 Å². The van der Waals surface area contributed by atoms with Crippen molar-refractivity contribution < 1.29 is 9.53 Å². The molecule has 3 nitrogen and oxygen atoms in total. The van der Waals surface area contributed by atoms with Crippen LogP contribution in [0.25, 0.3) is 0 Å². The summed E-state index contributed by atoms with van der Waals surface area (Å²) in [7, 11) is 3.42. The topological polar surface area (TPSA) is 29.5 Å². The van der Waals surface area contributed by atoms with E-state index in [0.717, 1.165) is 13.1 Å². The van der Waals surface area contributed by atoms with E-state index in [4.69, 9.17) is 0 Å². The molecule has 3 heteroatoms. The molecule has 0 N–H and O–H groups in total. The molecule has 1 rings (SSSR count). The van der Waals surface area contributed by atoms with Crippen LogP contribution in [-0.4, -0.2) is 31.6 Å². The number of hydrogen-bond donors (Lipinski definition) is 0. The summed E-state index contributed by atoms with van der Waals surface area (Å²) in [6.07, 6.45) is 1.88. The van der Waals surface area contributed by atoms with Gasteiger partial charge < -0.3 is 4.74 Å². The number of benzene rings is 1. The van der Waals surface area contributed by atoms with Crippen molar-refractivity contribution in [1.29, 1.82) is 0 Å². The molecule has 17 heavy (non-hydrogen) atoms. The van der Waals surface area contributed by atoms with Gasteiger partial charge in [0.25, 0.3) is 0 Å². The van der Waals surface area contributed by atoms with E-state index < -0.39 is 0 Å². The highest BCUT2D eigenvalue weighted by Gasteiger charge is 2.03. The van der Waals surface area contributed by atoms with Crippen molar-refractivity contribution >= 4 is 5.97 Å². The molecule has 1 aromatic carbocycles. The zero-order chi connectivity index (χ0) is 12.7. The second-order valence-corrected chi connectivity index (χ2v) is 4.06. The Bertz CT molecular complexity index is 384. The van der Waals surface area contributed by atoms with Crippen molar-refractivity contribution in [1.82, 2.24) is 4.90 Å². The van der Waals surface area contributed by atoms with Crippen LogP contribution in [0.15, 0.2) is 42.0 Å². The summed E-state index contributed by atoms with van der Waals surface area (Å²) in [6.45, 7) is 3.36.